The zero-order valence-corrected chi connectivity index (χ0v) is 12.4. The van der Waals surface area contributed by atoms with E-state index in [2.05, 4.69) is 24.8 Å². The van der Waals surface area contributed by atoms with Gasteiger partial charge in [-0.2, -0.15) is 0 Å². The Morgan fingerprint density at radius 3 is 2.63 bits per heavy atom. The molecule has 2 N–H and O–H groups in total. The zero-order chi connectivity index (χ0) is 13.8. The van der Waals surface area contributed by atoms with Crippen LogP contribution < -0.4 is 5.73 Å². The van der Waals surface area contributed by atoms with Crippen molar-refractivity contribution in [1.82, 2.24) is 4.90 Å². The van der Waals surface area contributed by atoms with Gasteiger partial charge < -0.3 is 10.6 Å². The minimum absolute atomic E-state index is 0.141. The summed E-state index contributed by atoms with van der Waals surface area (Å²) in [5.41, 5.74) is 6.87. The van der Waals surface area contributed by atoms with Crippen molar-refractivity contribution in [3.63, 3.8) is 0 Å². The third-order valence-electron chi connectivity index (χ3n) is 5.01. The first-order valence-corrected chi connectivity index (χ1v) is 7.73. The Kier molecular flexibility index (Phi) is 5.03. The number of nitrogens with two attached hydrogens (primary N) is 1. The molecule has 19 heavy (non-hydrogen) atoms. The molecule has 0 aromatic heterocycles. The van der Waals surface area contributed by atoms with Gasteiger partial charge in [0.05, 0.1) is 0 Å². The van der Waals surface area contributed by atoms with E-state index in [9.17, 15) is 4.79 Å². The van der Waals surface area contributed by atoms with Crippen LogP contribution in [0.3, 0.4) is 0 Å². The van der Waals surface area contributed by atoms with Gasteiger partial charge in [0.25, 0.3) is 0 Å². The number of amides is 1. The second kappa shape index (κ2) is 6.56. The fraction of sp³-hybridized carbons (Fsp3) is 0.812. The second-order valence-corrected chi connectivity index (χ2v) is 6.52. The third-order valence-corrected chi connectivity index (χ3v) is 5.01. The molecule has 1 amide bonds. The predicted molar refractivity (Wildman–Crippen MR) is 78.6 cm³/mol. The first-order chi connectivity index (χ1) is 9.06. The average Bonchev–Trinajstić information content (AvgIpc) is 2.35. The van der Waals surface area contributed by atoms with Gasteiger partial charge in [0.2, 0.25) is 5.91 Å². The third kappa shape index (κ3) is 4.07. The van der Waals surface area contributed by atoms with Crippen LogP contribution in [-0.2, 0) is 4.79 Å². The summed E-state index contributed by atoms with van der Waals surface area (Å²) < 4.78 is 0. The summed E-state index contributed by atoms with van der Waals surface area (Å²) in [6.07, 6.45) is 7.85. The average molecular weight is 264 g/mol. The van der Waals surface area contributed by atoms with E-state index in [4.69, 9.17) is 5.73 Å². The van der Waals surface area contributed by atoms with Crippen LogP contribution >= 0.6 is 0 Å². The van der Waals surface area contributed by atoms with Gasteiger partial charge in [-0.3, -0.25) is 4.79 Å². The molecule has 0 saturated carbocycles. The van der Waals surface area contributed by atoms with Gasteiger partial charge in [-0.25, -0.2) is 0 Å². The maximum Gasteiger partial charge on any atom is 0.217 e. The molecule has 3 heteroatoms. The lowest BCUT2D eigenvalue weighted by Gasteiger charge is -2.37. The monoisotopic (exact) mass is 264 g/mol. The standard InChI is InChI=1S/C16H28N2O/c1-12-4-3-5-13(2)15(12)11-18-8-6-14(7-9-18)10-16(17)19/h4,13-15H,3,5-11H2,1-2H3,(H2,17,19)/t13-,15-/m1/s1. The molecule has 2 rings (SSSR count). The van der Waals surface area contributed by atoms with Gasteiger partial charge in [-0.1, -0.05) is 18.6 Å². The first kappa shape index (κ1) is 14.6. The van der Waals surface area contributed by atoms with Gasteiger partial charge in [-0.15, -0.1) is 0 Å². The highest BCUT2D eigenvalue weighted by molar-refractivity contribution is 5.73. The van der Waals surface area contributed by atoms with Gasteiger partial charge in [0, 0.05) is 13.0 Å². The SMILES string of the molecule is CC1=CCC[C@@H](C)[C@@H]1CN1CCC(CC(N)=O)CC1. The molecule has 2 aliphatic rings. The molecule has 1 fully saturated rings. The molecule has 2 atom stereocenters. The first-order valence-electron chi connectivity index (χ1n) is 7.73. The second-order valence-electron chi connectivity index (χ2n) is 6.52. The molecule has 0 aromatic rings. The Labute approximate surface area is 117 Å². The number of primary amides is 1. The van der Waals surface area contributed by atoms with Crippen molar-refractivity contribution < 1.29 is 4.79 Å². The zero-order valence-electron chi connectivity index (χ0n) is 12.4. The number of piperidine rings is 1. The molecule has 3 nitrogen and oxygen atoms in total. The van der Waals surface area contributed by atoms with Crippen molar-refractivity contribution in [2.45, 2.75) is 46.0 Å². The molecule has 108 valence electrons. The number of likely N-dealkylation sites (tertiary alicyclic amines) is 1. The van der Waals surface area contributed by atoms with Crippen molar-refractivity contribution in [1.29, 1.82) is 0 Å². The van der Waals surface area contributed by atoms with E-state index in [1.165, 1.54) is 19.4 Å². The number of carbonyl (C=O) groups is 1. The van der Waals surface area contributed by atoms with Gasteiger partial charge in [0.15, 0.2) is 0 Å². The van der Waals surface area contributed by atoms with Crippen LogP contribution in [0.25, 0.3) is 0 Å². The van der Waals surface area contributed by atoms with E-state index in [0.29, 0.717) is 12.3 Å². The summed E-state index contributed by atoms with van der Waals surface area (Å²) in [6, 6.07) is 0. The molecular formula is C16H28N2O. The van der Waals surface area contributed by atoms with Crippen molar-refractivity contribution in [2.24, 2.45) is 23.5 Å². The Hall–Kier alpha value is -0.830. The molecule has 0 radical (unpaired) electrons. The van der Waals surface area contributed by atoms with Crippen molar-refractivity contribution >= 4 is 5.91 Å². The van der Waals surface area contributed by atoms with E-state index in [1.807, 2.05) is 0 Å². The highest BCUT2D eigenvalue weighted by atomic mass is 16.1. The topological polar surface area (TPSA) is 46.3 Å². The summed E-state index contributed by atoms with van der Waals surface area (Å²) in [7, 11) is 0. The number of allylic oxidation sites excluding steroid dienone is 1. The molecule has 1 aliphatic heterocycles. The summed E-state index contributed by atoms with van der Waals surface area (Å²) in [5, 5.41) is 0. The number of nitrogens with zero attached hydrogens (tertiary/aromatic N) is 1. The van der Waals surface area contributed by atoms with E-state index in [1.54, 1.807) is 5.57 Å². The number of carbonyl (C=O) groups excluding carboxylic acids is 1. The highest BCUT2D eigenvalue weighted by Gasteiger charge is 2.27. The summed E-state index contributed by atoms with van der Waals surface area (Å²) in [4.78, 5) is 13.5. The van der Waals surface area contributed by atoms with Crippen LogP contribution in [0.1, 0.15) is 46.0 Å². The molecular weight excluding hydrogens is 236 g/mol. The maximum atomic E-state index is 11.0. The number of hydrogen-bond donors (Lipinski definition) is 1. The Balaban J connectivity index is 1.80. The Bertz CT molecular complexity index is 343. The fourth-order valence-electron chi connectivity index (χ4n) is 3.64. The number of hydrogen-bond acceptors (Lipinski definition) is 2. The molecule has 1 saturated heterocycles. The van der Waals surface area contributed by atoms with Crippen molar-refractivity contribution in [3.05, 3.63) is 11.6 Å². The van der Waals surface area contributed by atoms with Gasteiger partial charge >= 0.3 is 0 Å². The molecule has 0 spiro atoms. The highest BCUT2D eigenvalue weighted by Crippen LogP contribution is 2.32. The van der Waals surface area contributed by atoms with Crippen LogP contribution in [0.15, 0.2) is 11.6 Å². The van der Waals surface area contributed by atoms with Crippen LogP contribution in [0.4, 0.5) is 0 Å². The minimum atomic E-state index is -0.141. The van der Waals surface area contributed by atoms with Crippen LogP contribution in [0.5, 0.6) is 0 Å². The normalized spacial score (nSPS) is 30.1. The van der Waals surface area contributed by atoms with Crippen LogP contribution in [0.2, 0.25) is 0 Å². The van der Waals surface area contributed by atoms with E-state index in [-0.39, 0.29) is 5.91 Å². The van der Waals surface area contributed by atoms with Crippen LogP contribution in [-0.4, -0.2) is 30.4 Å². The summed E-state index contributed by atoms with van der Waals surface area (Å²) in [5.74, 6) is 1.93. The lowest BCUT2D eigenvalue weighted by atomic mass is 9.79. The fourth-order valence-corrected chi connectivity index (χ4v) is 3.64. The molecule has 0 aromatic carbocycles. The van der Waals surface area contributed by atoms with Crippen molar-refractivity contribution in [2.75, 3.05) is 19.6 Å². The molecule has 1 heterocycles. The quantitative estimate of drug-likeness (QED) is 0.793. The smallest absolute Gasteiger partial charge is 0.217 e. The summed E-state index contributed by atoms with van der Waals surface area (Å²) >= 11 is 0. The summed E-state index contributed by atoms with van der Waals surface area (Å²) in [6.45, 7) is 8.15. The van der Waals surface area contributed by atoms with Crippen molar-refractivity contribution in [3.8, 4) is 0 Å². The lowest BCUT2D eigenvalue weighted by Crippen LogP contribution is -2.40. The molecule has 0 unspecified atom stereocenters. The number of rotatable bonds is 4. The van der Waals surface area contributed by atoms with Gasteiger partial charge in [0.1, 0.15) is 0 Å². The van der Waals surface area contributed by atoms with E-state index < -0.39 is 0 Å². The van der Waals surface area contributed by atoms with Crippen LogP contribution in [0, 0.1) is 17.8 Å². The predicted octanol–water partition coefficient (Wildman–Crippen LogP) is 2.57. The molecule has 0 bridgehead atoms. The molecule has 1 aliphatic carbocycles. The largest absolute Gasteiger partial charge is 0.370 e. The van der Waals surface area contributed by atoms with E-state index in [0.717, 1.165) is 37.8 Å². The maximum absolute atomic E-state index is 11.0. The Morgan fingerprint density at radius 2 is 2.05 bits per heavy atom. The minimum Gasteiger partial charge on any atom is -0.370 e. The Morgan fingerprint density at radius 1 is 1.37 bits per heavy atom. The van der Waals surface area contributed by atoms with E-state index >= 15 is 0 Å². The lowest BCUT2D eigenvalue weighted by molar-refractivity contribution is -0.119. The van der Waals surface area contributed by atoms with Gasteiger partial charge in [-0.05, 0) is 63.5 Å².